The Morgan fingerprint density at radius 2 is 1.96 bits per heavy atom. The van der Waals surface area contributed by atoms with Gasteiger partial charge < -0.3 is 15.0 Å². The van der Waals surface area contributed by atoms with Gasteiger partial charge in [0.15, 0.2) is 5.75 Å². The molecule has 0 saturated heterocycles. The maximum Gasteiger partial charge on any atom is 0.311 e. The quantitative estimate of drug-likeness (QED) is 0.394. The number of nitrogens with one attached hydrogen (secondary N) is 1. The topological polar surface area (TPSA) is 84.7 Å². The Balaban J connectivity index is 1.81. The number of nitro benzene ring substituents is 1. The third kappa shape index (κ3) is 6.38. The second-order valence-corrected chi connectivity index (χ2v) is 6.21. The second-order valence-electron chi connectivity index (χ2n) is 6.21. The van der Waals surface area contributed by atoms with Crippen molar-refractivity contribution in [2.24, 2.45) is 0 Å². The van der Waals surface area contributed by atoms with Crippen LogP contribution in [0.15, 0.2) is 48.5 Å². The number of benzene rings is 2. The van der Waals surface area contributed by atoms with Gasteiger partial charge in [0.25, 0.3) is 5.91 Å². The number of nitro groups is 1. The van der Waals surface area contributed by atoms with Gasteiger partial charge in [-0.25, -0.2) is 0 Å². The normalized spacial score (nSPS) is 10.6. The third-order valence-electron chi connectivity index (χ3n) is 4.02. The van der Waals surface area contributed by atoms with Gasteiger partial charge in [-0.15, -0.1) is 0 Å². The zero-order valence-electron chi connectivity index (χ0n) is 15.7. The highest BCUT2D eigenvalue weighted by atomic mass is 16.6. The Morgan fingerprint density at radius 3 is 2.63 bits per heavy atom. The summed E-state index contributed by atoms with van der Waals surface area (Å²) in [5.41, 5.74) is 1.29. The number of amides is 1. The van der Waals surface area contributed by atoms with Crippen LogP contribution in [0.25, 0.3) is 0 Å². The molecule has 0 atom stereocenters. The molecular weight excluding hydrogens is 346 g/mol. The molecule has 0 fully saturated rings. The predicted octanol–water partition coefficient (Wildman–Crippen LogP) is 3.25. The Bertz CT molecular complexity index is 765. The van der Waals surface area contributed by atoms with Crippen LogP contribution in [0.1, 0.15) is 29.3 Å². The lowest BCUT2D eigenvalue weighted by molar-refractivity contribution is -0.385. The Kier molecular flexibility index (Phi) is 7.76. The molecule has 2 rings (SSSR count). The summed E-state index contributed by atoms with van der Waals surface area (Å²) in [7, 11) is 2.03. The summed E-state index contributed by atoms with van der Waals surface area (Å²) >= 11 is 0. The molecule has 0 aliphatic carbocycles. The van der Waals surface area contributed by atoms with Gasteiger partial charge in [-0.3, -0.25) is 14.9 Å². The van der Waals surface area contributed by atoms with Crippen molar-refractivity contribution < 1.29 is 14.5 Å². The molecule has 0 bridgehead atoms. The van der Waals surface area contributed by atoms with Crippen LogP contribution < -0.4 is 10.1 Å². The Labute approximate surface area is 159 Å². The van der Waals surface area contributed by atoms with Crippen LogP contribution in [0, 0.1) is 10.1 Å². The van der Waals surface area contributed by atoms with Crippen LogP contribution in [0.3, 0.4) is 0 Å². The van der Waals surface area contributed by atoms with E-state index in [1.165, 1.54) is 23.8 Å². The van der Waals surface area contributed by atoms with Crippen LogP contribution in [-0.4, -0.2) is 42.5 Å². The zero-order chi connectivity index (χ0) is 19.6. The van der Waals surface area contributed by atoms with E-state index in [4.69, 9.17) is 4.74 Å². The highest BCUT2D eigenvalue weighted by molar-refractivity contribution is 5.95. The van der Waals surface area contributed by atoms with E-state index in [0.29, 0.717) is 13.2 Å². The molecule has 0 radical (unpaired) electrons. The first kappa shape index (κ1) is 20.4. The van der Waals surface area contributed by atoms with Crippen molar-refractivity contribution in [1.29, 1.82) is 0 Å². The molecule has 0 aliphatic heterocycles. The lowest BCUT2D eigenvalue weighted by Crippen LogP contribution is -2.28. The SMILES string of the molecule is CCOc1ccc(C(=O)NCCCN(C)Cc2ccccc2)cc1[N+](=O)[O-]. The molecule has 0 aliphatic rings. The van der Waals surface area contributed by atoms with Gasteiger partial charge in [-0.05, 0) is 44.6 Å². The molecular formula is C20H25N3O4. The van der Waals surface area contributed by atoms with Crippen LogP contribution in [0.2, 0.25) is 0 Å². The van der Waals surface area contributed by atoms with Gasteiger partial charge in [-0.2, -0.15) is 0 Å². The van der Waals surface area contributed by atoms with Crippen molar-refractivity contribution in [2.75, 3.05) is 26.7 Å². The minimum Gasteiger partial charge on any atom is -0.487 e. The molecule has 7 heteroatoms. The smallest absolute Gasteiger partial charge is 0.311 e. The van der Waals surface area contributed by atoms with E-state index in [1.54, 1.807) is 6.92 Å². The van der Waals surface area contributed by atoms with Gasteiger partial charge in [0, 0.05) is 24.7 Å². The second kappa shape index (κ2) is 10.3. The molecule has 0 unspecified atom stereocenters. The highest BCUT2D eigenvalue weighted by Gasteiger charge is 2.18. The summed E-state index contributed by atoms with van der Waals surface area (Å²) in [6, 6.07) is 14.4. The summed E-state index contributed by atoms with van der Waals surface area (Å²) in [6.45, 7) is 4.25. The van der Waals surface area contributed by atoms with Crippen LogP contribution in [-0.2, 0) is 6.54 Å². The number of carbonyl (C=O) groups excluding carboxylic acids is 1. The average molecular weight is 371 g/mol. The summed E-state index contributed by atoms with van der Waals surface area (Å²) in [5.74, 6) is -0.159. The first-order valence-corrected chi connectivity index (χ1v) is 8.93. The van der Waals surface area contributed by atoms with Crippen LogP contribution >= 0.6 is 0 Å². The zero-order valence-corrected chi connectivity index (χ0v) is 15.7. The van der Waals surface area contributed by atoms with Gasteiger partial charge >= 0.3 is 5.69 Å². The summed E-state index contributed by atoms with van der Waals surface area (Å²) < 4.78 is 5.23. The monoisotopic (exact) mass is 371 g/mol. The molecule has 0 saturated carbocycles. The summed E-state index contributed by atoms with van der Waals surface area (Å²) in [6.07, 6.45) is 0.786. The molecule has 144 valence electrons. The van der Waals surface area contributed by atoms with E-state index >= 15 is 0 Å². The predicted molar refractivity (Wildman–Crippen MR) is 104 cm³/mol. The average Bonchev–Trinajstić information content (AvgIpc) is 2.66. The number of ether oxygens (including phenoxy) is 1. The van der Waals surface area contributed by atoms with Gasteiger partial charge in [0.2, 0.25) is 0 Å². The largest absolute Gasteiger partial charge is 0.487 e. The van der Waals surface area contributed by atoms with Crippen molar-refractivity contribution in [3.8, 4) is 5.75 Å². The lowest BCUT2D eigenvalue weighted by Gasteiger charge is -2.16. The molecule has 1 amide bonds. The third-order valence-corrected chi connectivity index (χ3v) is 4.02. The van der Waals surface area contributed by atoms with E-state index in [2.05, 4.69) is 22.3 Å². The number of hydrogen-bond donors (Lipinski definition) is 1. The Morgan fingerprint density at radius 1 is 1.22 bits per heavy atom. The van der Waals surface area contributed by atoms with Crippen molar-refractivity contribution in [3.63, 3.8) is 0 Å². The summed E-state index contributed by atoms with van der Waals surface area (Å²) in [4.78, 5) is 25.0. The Hall–Kier alpha value is -2.93. The molecule has 0 heterocycles. The number of rotatable bonds is 10. The summed E-state index contributed by atoms with van der Waals surface area (Å²) in [5, 5.41) is 14.0. The van der Waals surface area contributed by atoms with Crippen molar-refractivity contribution in [2.45, 2.75) is 19.9 Å². The van der Waals surface area contributed by atoms with E-state index in [0.717, 1.165) is 19.5 Å². The molecule has 7 nitrogen and oxygen atoms in total. The highest BCUT2D eigenvalue weighted by Crippen LogP contribution is 2.27. The van der Waals surface area contributed by atoms with E-state index in [1.807, 2.05) is 25.2 Å². The maximum absolute atomic E-state index is 12.2. The minimum atomic E-state index is -0.541. The fourth-order valence-electron chi connectivity index (χ4n) is 2.71. The van der Waals surface area contributed by atoms with E-state index in [9.17, 15) is 14.9 Å². The standard InChI is InChI=1S/C20H25N3O4/c1-3-27-19-11-10-17(14-18(19)23(25)26)20(24)21-12-7-13-22(2)15-16-8-5-4-6-9-16/h4-6,8-11,14H,3,7,12-13,15H2,1-2H3,(H,21,24). The maximum atomic E-state index is 12.2. The molecule has 2 aromatic carbocycles. The van der Waals surface area contributed by atoms with E-state index in [-0.39, 0.29) is 22.9 Å². The van der Waals surface area contributed by atoms with Gasteiger partial charge in [-0.1, -0.05) is 30.3 Å². The van der Waals surface area contributed by atoms with E-state index < -0.39 is 4.92 Å². The molecule has 0 aromatic heterocycles. The minimum absolute atomic E-state index is 0.168. The van der Waals surface area contributed by atoms with Crippen molar-refractivity contribution >= 4 is 11.6 Å². The van der Waals surface area contributed by atoms with Gasteiger partial charge in [0.05, 0.1) is 11.5 Å². The lowest BCUT2D eigenvalue weighted by atomic mass is 10.1. The number of carbonyl (C=O) groups is 1. The van der Waals surface area contributed by atoms with Crippen molar-refractivity contribution in [3.05, 3.63) is 69.8 Å². The molecule has 2 aromatic rings. The van der Waals surface area contributed by atoms with Crippen LogP contribution in [0.4, 0.5) is 5.69 Å². The first-order valence-electron chi connectivity index (χ1n) is 8.93. The van der Waals surface area contributed by atoms with Gasteiger partial charge in [0.1, 0.15) is 0 Å². The molecule has 1 N–H and O–H groups in total. The fourth-order valence-corrected chi connectivity index (χ4v) is 2.71. The molecule has 0 spiro atoms. The van der Waals surface area contributed by atoms with Crippen LogP contribution in [0.5, 0.6) is 5.75 Å². The first-order chi connectivity index (χ1) is 13.0. The number of nitrogens with zero attached hydrogens (tertiary/aromatic N) is 2. The van der Waals surface area contributed by atoms with Crippen molar-refractivity contribution in [1.82, 2.24) is 10.2 Å². The fraction of sp³-hybridized carbons (Fsp3) is 0.350. The number of hydrogen-bond acceptors (Lipinski definition) is 5. The molecule has 27 heavy (non-hydrogen) atoms.